The van der Waals surface area contributed by atoms with E-state index in [0.717, 1.165) is 0 Å². The van der Waals surface area contributed by atoms with Crippen LogP contribution in [0.15, 0.2) is 12.3 Å². The molecular weight excluding hydrogens is 542 g/mol. The molecule has 208 valence electrons. The molecule has 0 bridgehead atoms. The Morgan fingerprint density at radius 3 is 2.32 bits per heavy atom. The van der Waals surface area contributed by atoms with E-state index in [1.165, 1.54) is 6.20 Å². The Morgan fingerprint density at radius 1 is 1.26 bits per heavy atom. The lowest BCUT2D eigenvalue weighted by atomic mass is 9.87. The van der Waals surface area contributed by atoms with Crippen LogP contribution in [0, 0.1) is 5.41 Å². The van der Waals surface area contributed by atoms with E-state index in [2.05, 4.69) is 5.32 Å². The maximum absolute atomic E-state index is 12.9. The molecule has 0 radical (unpaired) electrons. The first-order valence-corrected chi connectivity index (χ1v) is 14.9. The minimum atomic E-state index is -5.61. The zero-order valence-electron chi connectivity index (χ0n) is 21.1. The lowest BCUT2D eigenvalue weighted by molar-refractivity contribution is 0.0848. The quantitative estimate of drug-likeness (QED) is 0.238. The molecule has 38 heavy (non-hydrogen) atoms. The van der Waals surface area contributed by atoms with Crippen molar-refractivity contribution >= 4 is 38.1 Å². The van der Waals surface area contributed by atoms with Crippen molar-refractivity contribution in [2.24, 2.45) is 5.73 Å². The van der Waals surface area contributed by atoms with Gasteiger partial charge in [0.25, 0.3) is 5.91 Å². The van der Waals surface area contributed by atoms with Crippen LogP contribution in [0.3, 0.4) is 0 Å². The Kier molecular flexibility index (Phi) is 6.63. The number of hydrogen-bond acceptors (Lipinski definition) is 7. The molecule has 1 aromatic carbocycles. The molecule has 14 nitrogen and oxygen atoms in total. The van der Waals surface area contributed by atoms with Crippen LogP contribution in [-0.2, 0) is 19.4 Å². The number of nitrogens with one attached hydrogen (secondary N) is 2. The molecule has 1 saturated carbocycles. The summed E-state index contributed by atoms with van der Waals surface area (Å²) in [5.41, 5.74) is 6.17. The molecule has 1 aromatic heterocycles. The Bertz CT molecular complexity index is 1500. The number of alkyl carbamates (subject to hydrolysis) is 1. The molecule has 0 spiro atoms. The van der Waals surface area contributed by atoms with Gasteiger partial charge >= 0.3 is 26.4 Å². The summed E-state index contributed by atoms with van der Waals surface area (Å²) < 4.78 is 36.4. The van der Waals surface area contributed by atoms with Gasteiger partial charge in [0.05, 0.1) is 28.0 Å². The fourth-order valence-electron chi connectivity index (χ4n) is 4.68. The Balaban J connectivity index is 1.89. The van der Waals surface area contributed by atoms with E-state index in [9.17, 15) is 38.3 Å². The van der Waals surface area contributed by atoms with E-state index in [-0.39, 0.29) is 29.5 Å². The first kappa shape index (κ1) is 28.3. The van der Waals surface area contributed by atoms with E-state index in [1.54, 1.807) is 10.6 Å². The van der Waals surface area contributed by atoms with Gasteiger partial charge in [0, 0.05) is 17.1 Å². The highest BCUT2D eigenvalue weighted by Gasteiger charge is 2.61. The van der Waals surface area contributed by atoms with Gasteiger partial charge < -0.3 is 44.7 Å². The topological polar surface area (TPSA) is 234 Å². The van der Waals surface area contributed by atoms with Crippen molar-refractivity contribution in [3.05, 3.63) is 34.3 Å². The summed E-state index contributed by atoms with van der Waals surface area (Å²) in [5.74, 6) is -0.555. The van der Waals surface area contributed by atoms with Crippen molar-refractivity contribution in [2.75, 3.05) is 6.61 Å². The van der Waals surface area contributed by atoms with Gasteiger partial charge in [-0.3, -0.25) is 19.3 Å². The number of rotatable bonds is 7. The SMILES string of the molecule is CC(C)c1cc2c(=N)c(C(N)=O)cn3c2c(c1C1(NC(=O)OC(C)(P(=O)(O)O)P(=O)(O)O)CC1)OC[C@H]3C. The minimum absolute atomic E-state index is 0.0386. The molecule has 1 fully saturated rings. The zero-order chi connectivity index (χ0) is 28.6. The van der Waals surface area contributed by atoms with Gasteiger partial charge in [-0.2, -0.15) is 0 Å². The van der Waals surface area contributed by atoms with E-state index >= 15 is 0 Å². The van der Waals surface area contributed by atoms with Gasteiger partial charge in [-0.15, -0.1) is 0 Å². The van der Waals surface area contributed by atoms with Crippen molar-refractivity contribution in [3.8, 4) is 5.75 Å². The number of nitrogens with zero attached hydrogens (tertiary/aromatic N) is 1. The van der Waals surface area contributed by atoms with Crippen LogP contribution >= 0.6 is 15.2 Å². The van der Waals surface area contributed by atoms with Crippen LogP contribution in [0.2, 0.25) is 0 Å². The summed E-state index contributed by atoms with van der Waals surface area (Å²) in [6.45, 7) is 6.30. The standard InChI is InChI=1S/C22H30N4O10P2/c1-10(2)12-7-13-16(23)14(19(24)27)8-26-11(3)9-35-18(17(13)26)15(12)22(5-6-22)25-20(28)36-21(4,37(29,30)31)38(32,33)34/h7-8,10-11,23H,5-6,9H2,1-4H3,(H2,24,27)(H,25,28)(H2,29,30,31)(H2,32,33,34)/t11-/m1/s1. The number of carbonyl (C=O) groups is 2. The average Bonchev–Trinajstić information content (AvgIpc) is 3.54. The first-order chi connectivity index (χ1) is 17.3. The van der Waals surface area contributed by atoms with Gasteiger partial charge in [0.15, 0.2) is 0 Å². The highest BCUT2D eigenvalue weighted by atomic mass is 31.2. The third kappa shape index (κ3) is 4.35. The summed E-state index contributed by atoms with van der Waals surface area (Å²) in [6.07, 6.45) is 0.805. The Hall–Kier alpha value is -2.73. The van der Waals surface area contributed by atoms with Crippen molar-refractivity contribution in [1.29, 1.82) is 5.41 Å². The molecule has 1 atom stereocenters. The first-order valence-electron chi connectivity index (χ1n) is 11.7. The average molecular weight is 572 g/mol. The molecule has 0 unspecified atom stereocenters. The molecular formula is C22H30N4O10P2. The highest BCUT2D eigenvalue weighted by Crippen LogP contribution is 2.69. The maximum atomic E-state index is 12.9. The normalized spacial score (nSPS) is 18.7. The molecule has 8 N–H and O–H groups in total. The van der Waals surface area contributed by atoms with Crippen molar-refractivity contribution < 1.29 is 47.8 Å². The van der Waals surface area contributed by atoms with E-state index in [4.69, 9.17) is 20.6 Å². The molecule has 2 heterocycles. The number of aromatic nitrogens is 1. The predicted molar refractivity (Wildman–Crippen MR) is 134 cm³/mol. The summed E-state index contributed by atoms with van der Waals surface area (Å²) in [6, 6.07) is 1.51. The summed E-state index contributed by atoms with van der Waals surface area (Å²) >= 11 is 0. The number of hydrogen-bond donors (Lipinski definition) is 7. The van der Waals surface area contributed by atoms with E-state index in [1.807, 2.05) is 20.8 Å². The predicted octanol–water partition coefficient (Wildman–Crippen LogP) is 2.04. The van der Waals surface area contributed by atoms with Gasteiger partial charge in [0.2, 0.25) is 0 Å². The number of carbonyl (C=O) groups excluding carboxylic acids is 2. The second-order valence-electron chi connectivity index (χ2n) is 10.2. The van der Waals surface area contributed by atoms with Crippen molar-refractivity contribution in [3.63, 3.8) is 0 Å². The molecule has 1 aliphatic carbocycles. The van der Waals surface area contributed by atoms with Gasteiger partial charge in [-0.1, -0.05) is 13.8 Å². The number of amides is 2. The molecule has 4 rings (SSSR count). The van der Waals surface area contributed by atoms with Crippen LogP contribution in [-0.4, -0.2) is 47.8 Å². The van der Waals surface area contributed by atoms with Crippen molar-refractivity contribution in [2.45, 2.75) is 63.1 Å². The lowest BCUT2D eigenvalue weighted by Crippen LogP contribution is -2.42. The largest absolute Gasteiger partial charge is 0.489 e. The fraction of sp³-hybridized carbons (Fsp3) is 0.500. The Labute approximate surface area is 217 Å². The molecule has 0 saturated heterocycles. The number of pyridine rings is 1. The second-order valence-corrected chi connectivity index (χ2v) is 14.4. The zero-order valence-corrected chi connectivity index (χ0v) is 22.9. The van der Waals surface area contributed by atoms with Crippen LogP contribution < -0.4 is 21.1 Å². The molecule has 16 heteroatoms. The van der Waals surface area contributed by atoms with Crippen LogP contribution in [0.4, 0.5) is 4.79 Å². The van der Waals surface area contributed by atoms with Crippen molar-refractivity contribution in [1.82, 2.24) is 9.88 Å². The molecule has 1 aliphatic heterocycles. The third-order valence-corrected chi connectivity index (χ3v) is 11.0. The van der Waals surface area contributed by atoms with E-state index in [0.29, 0.717) is 47.5 Å². The molecule has 2 aliphatic rings. The second kappa shape index (κ2) is 8.90. The van der Waals surface area contributed by atoms with Crippen LogP contribution in [0.25, 0.3) is 10.9 Å². The number of primary amides is 1. The minimum Gasteiger partial charge on any atom is -0.489 e. The maximum Gasteiger partial charge on any atom is 0.409 e. The van der Waals surface area contributed by atoms with E-state index < -0.39 is 37.8 Å². The van der Waals surface area contributed by atoms with Crippen LogP contribution in [0.1, 0.15) is 74.0 Å². The smallest absolute Gasteiger partial charge is 0.409 e. The number of ether oxygens (including phenoxy) is 2. The fourth-order valence-corrected chi connectivity index (χ4v) is 6.45. The summed E-state index contributed by atoms with van der Waals surface area (Å²) in [7, 11) is -11.2. The highest BCUT2D eigenvalue weighted by molar-refractivity contribution is 7.72. The van der Waals surface area contributed by atoms with Gasteiger partial charge in [-0.05, 0) is 44.2 Å². The van der Waals surface area contributed by atoms with Gasteiger partial charge in [-0.25, -0.2) is 4.79 Å². The monoisotopic (exact) mass is 572 g/mol. The molecule has 2 amide bonds. The summed E-state index contributed by atoms with van der Waals surface area (Å²) in [5, 5.41) is 8.14. The molecule has 2 aromatic rings. The third-order valence-electron chi connectivity index (χ3n) is 7.12. The number of benzene rings is 1. The summed E-state index contributed by atoms with van der Waals surface area (Å²) in [4.78, 5) is 63.2. The Morgan fingerprint density at radius 2 is 1.84 bits per heavy atom. The van der Waals surface area contributed by atoms with Crippen LogP contribution in [0.5, 0.6) is 5.75 Å². The number of nitrogens with two attached hydrogens (primary N) is 1. The lowest BCUT2D eigenvalue weighted by Gasteiger charge is -2.34. The van der Waals surface area contributed by atoms with Gasteiger partial charge in [0.1, 0.15) is 12.4 Å².